The van der Waals surface area contributed by atoms with Gasteiger partial charge < -0.3 is 16.2 Å². The number of rotatable bonds is 6. The molecule has 0 spiro atoms. The number of aliphatic hydroxyl groups excluding tert-OH is 1. The number of hydrogen-bond acceptors (Lipinski definition) is 3. The fourth-order valence-electron chi connectivity index (χ4n) is 3.65. The summed E-state index contributed by atoms with van der Waals surface area (Å²) in [6, 6.07) is 14.6. The third-order valence-corrected chi connectivity index (χ3v) is 5.17. The number of nitrogens with two attached hydrogens (primary N) is 1. The van der Waals surface area contributed by atoms with Gasteiger partial charge in [-0.25, -0.2) is 0 Å². The van der Waals surface area contributed by atoms with Crippen LogP contribution in [0.15, 0.2) is 42.5 Å². The van der Waals surface area contributed by atoms with Crippen LogP contribution in [0.2, 0.25) is 0 Å². The minimum Gasteiger partial charge on any atom is -0.393 e. The van der Waals surface area contributed by atoms with Gasteiger partial charge in [0, 0.05) is 11.7 Å². The molecule has 0 saturated heterocycles. The van der Waals surface area contributed by atoms with Crippen LogP contribution in [-0.2, 0) is 6.42 Å². The number of amides is 1. The van der Waals surface area contributed by atoms with E-state index in [2.05, 4.69) is 36.5 Å². The summed E-state index contributed by atoms with van der Waals surface area (Å²) in [6.07, 6.45) is 5.41. The van der Waals surface area contributed by atoms with Gasteiger partial charge in [-0.05, 0) is 60.9 Å². The molecular formula is C22H28N2O2. The summed E-state index contributed by atoms with van der Waals surface area (Å²) in [6.45, 7) is 2.17. The van der Waals surface area contributed by atoms with Gasteiger partial charge in [-0.15, -0.1) is 0 Å². The molecule has 0 bridgehead atoms. The second-order valence-corrected chi connectivity index (χ2v) is 7.22. The quantitative estimate of drug-likeness (QED) is 0.732. The van der Waals surface area contributed by atoms with Crippen LogP contribution in [0.5, 0.6) is 0 Å². The molecule has 0 unspecified atom stereocenters. The van der Waals surface area contributed by atoms with Crippen molar-refractivity contribution >= 4 is 11.6 Å². The lowest BCUT2D eigenvalue weighted by Gasteiger charge is -2.27. The molecule has 1 amide bonds. The van der Waals surface area contributed by atoms with E-state index < -0.39 is 5.91 Å². The second kappa shape index (κ2) is 8.37. The second-order valence-electron chi connectivity index (χ2n) is 7.22. The molecule has 0 radical (unpaired) electrons. The summed E-state index contributed by atoms with van der Waals surface area (Å²) in [5, 5.41) is 13.1. The molecule has 4 nitrogen and oxygen atoms in total. The van der Waals surface area contributed by atoms with Gasteiger partial charge in [0.1, 0.15) is 0 Å². The van der Waals surface area contributed by atoms with Crippen molar-refractivity contribution < 1.29 is 9.90 Å². The molecule has 3 rings (SSSR count). The highest BCUT2D eigenvalue weighted by Crippen LogP contribution is 2.28. The smallest absolute Gasteiger partial charge is 0.250 e. The van der Waals surface area contributed by atoms with Crippen molar-refractivity contribution in [1.82, 2.24) is 0 Å². The van der Waals surface area contributed by atoms with E-state index in [1.54, 1.807) is 0 Å². The van der Waals surface area contributed by atoms with Gasteiger partial charge in [0.25, 0.3) is 5.91 Å². The zero-order valence-corrected chi connectivity index (χ0v) is 15.4. The lowest BCUT2D eigenvalue weighted by molar-refractivity contribution is 0.100. The molecule has 2 aromatic rings. The van der Waals surface area contributed by atoms with E-state index in [1.165, 1.54) is 5.56 Å². The third-order valence-electron chi connectivity index (χ3n) is 5.17. The molecule has 0 aromatic heterocycles. The predicted octanol–water partition coefficient (Wildman–Crippen LogP) is 4.12. The monoisotopic (exact) mass is 352 g/mol. The van der Waals surface area contributed by atoms with E-state index in [0.717, 1.165) is 55.3 Å². The van der Waals surface area contributed by atoms with Crippen molar-refractivity contribution in [3.8, 4) is 11.1 Å². The predicted molar refractivity (Wildman–Crippen MR) is 106 cm³/mol. The normalized spacial score (nSPS) is 19.9. The third kappa shape index (κ3) is 4.44. The summed E-state index contributed by atoms with van der Waals surface area (Å²) in [5.41, 5.74) is 10.3. The Balaban J connectivity index is 1.81. The first-order chi connectivity index (χ1) is 12.6. The Morgan fingerprint density at radius 1 is 1.08 bits per heavy atom. The summed E-state index contributed by atoms with van der Waals surface area (Å²) >= 11 is 0. The first-order valence-corrected chi connectivity index (χ1v) is 9.54. The highest BCUT2D eigenvalue weighted by molar-refractivity contribution is 6.00. The summed E-state index contributed by atoms with van der Waals surface area (Å²) < 4.78 is 0. The number of aliphatic hydroxyl groups is 1. The molecule has 0 aliphatic heterocycles. The molecule has 26 heavy (non-hydrogen) atoms. The van der Waals surface area contributed by atoms with Crippen LogP contribution in [-0.4, -0.2) is 23.2 Å². The van der Waals surface area contributed by atoms with Gasteiger partial charge in [0.05, 0.1) is 11.7 Å². The Kier molecular flexibility index (Phi) is 5.94. The Labute approximate surface area is 155 Å². The molecule has 0 heterocycles. The van der Waals surface area contributed by atoms with E-state index in [0.29, 0.717) is 5.56 Å². The summed E-state index contributed by atoms with van der Waals surface area (Å²) in [5.74, 6) is -0.423. The first kappa shape index (κ1) is 18.5. The fraction of sp³-hybridized carbons (Fsp3) is 0.409. The lowest BCUT2D eigenvalue weighted by Crippen LogP contribution is -2.29. The molecule has 1 fully saturated rings. The number of primary amides is 1. The largest absolute Gasteiger partial charge is 0.393 e. The minimum atomic E-state index is -0.423. The van der Waals surface area contributed by atoms with Crippen LogP contribution in [0, 0.1) is 0 Å². The van der Waals surface area contributed by atoms with Crippen molar-refractivity contribution in [2.45, 2.75) is 57.6 Å². The van der Waals surface area contributed by atoms with Gasteiger partial charge in [-0.2, -0.15) is 0 Å². The van der Waals surface area contributed by atoms with E-state index in [1.807, 2.05) is 18.2 Å². The molecule has 138 valence electrons. The Morgan fingerprint density at radius 3 is 2.35 bits per heavy atom. The summed E-state index contributed by atoms with van der Waals surface area (Å²) in [7, 11) is 0. The lowest BCUT2D eigenvalue weighted by atomic mass is 9.92. The SMILES string of the molecule is CCCc1ccc(-c2ccc(NC3CCC(O)CC3)c(C(N)=O)c2)cc1. The number of aryl methyl sites for hydroxylation is 1. The van der Waals surface area contributed by atoms with Crippen LogP contribution in [0.4, 0.5) is 5.69 Å². The standard InChI is InChI=1S/C22H28N2O2/c1-2-3-15-4-6-16(7-5-15)17-8-13-21(20(14-17)22(23)26)24-18-9-11-19(25)12-10-18/h4-8,13-14,18-19,24-25H,2-3,9-12H2,1H3,(H2,23,26). The average molecular weight is 352 g/mol. The summed E-state index contributed by atoms with van der Waals surface area (Å²) in [4.78, 5) is 12.0. The highest BCUT2D eigenvalue weighted by atomic mass is 16.3. The van der Waals surface area contributed by atoms with Crippen LogP contribution in [0.3, 0.4) is 0 Å². The van der Waals surface area contributed by atoms with Gasteiger partial charge in [0.15, 0.2) is 0 Å². The van der Waals surface area contributed by atoms with Crippen molar-refractivity contribution in [1.29, 1.82) is 0 Å². The fourth-order valence-corrected chi connectivity index (χ4v) is 3.65. The highest BCUT2D eigenvalue weighted by Gasteiger charge is 2.21. The van der Waals surface area contributed by atoms with E-state index >= 15 is 0 Å². The molecule has 4 N–H and O–H groups in total. The van der Waals surface area contributed by atoms with E-state index in [-0.39, 0.29) is 12.1 Å². The maximum Gasteiger partial charge on any atom is 0.250 e. The molecule has 1 saturated carbocycles. The Bertz CT molecular complexity index is 747. The number of benzene rings is 2. The van der Waals surface area contributed by atoms with E-state index in [9.17, 15) is 9.90 Å². The number of nitrogens with one attached hydrogen (secondary N) is 1. The van der Waals surface area contributed by atoms with Gasteiger partial charge in [-0.1, -0.05) is 43.7 Å². The Morgan fingerprint density at radius 2 is 1.73 bits per heavy atom. The number of carbonyl (C=O) groups is 1. The van der Waals surface area contributed by atoms with Gasteiger partial charge in [0.2, 0.25) is 0 Å². The van der Waals surface area contributed by atoms with E-state index in [4.69, 9.17) is 5.73 Å². The Hall–Kier alpha value is -2.33. The van der Waals surface area contributed by atoms with Crippen LogP contribution < -0.4 is 11.1 Å². The maximum absolute atomic E-state index is 12.0. The number of carbonyl (C=O) groups excluding carboxylic acids is 1. The van der Waals surface area contributed by atoms with Crippen LogP contribution in [0.25, 0.3) is 11.1 Å². The van der Waals surface area contributed by atoms with Crippen molar-refractivity contribution in [2.75, 3.05) is 5.32 Å². The molecule has 1 aliphatic carbocycles. The topological polar surface area (TPSA) is 75.3 Å². The van der Waals surface area contributed by atoms with Gasteiger partial charge >= 0.3 is 0 Å². The first-order valence-electron chi connectivity index (χ1n) is 9.54. The molecule has 4 heteroatoms. The zero-order valence-electron chi connectivity index (χ0n) is 15.4. The van der Waals surface area contributed by atoms with Gasteiger partial charge in [-0.3, -0.25) is 4.79 Å². The number of anilines is 1. The zero-order chi connectivity index (χ0) is 18.5. The molecule has 2 aromatic carbocycles. The minimum absolute atomic E-state index is 0.193. The van der Waals surface area contributed by atoms with Crippen LogP contribution in [0.1, 0.15) is 54.9 Å². The molecule has 0 atom stereocenters. The van der Waals surface area contributed by atoms with Crippen LogP contribution >= 0.6 is 0 Å². The molecular weight excluding hydrogens is 324 g/mol. The molecule has 1 aliphatic rings. The number of hydrogen-bond donors (Lipinski definition) is 3. The maximum atomic E-state index is 12.0. The van der Waals surface area contributed by atoms with Crippen molar-refractivity contribution in [2.24, 2.45) is 5.73 Å². The van der Waals surface area contributed by atoms with Crippen molar-refractivity contribution in [3.05, 3.63) is 53.6 Å². The van der Waals surface area contributed by atoms with Crippen molar-refractivity contribution in [3.63, 3.8) is 0 Å². The average Bonchev–Trinajstić information content (AvgIpc) is 2.65.